The lowest BCUT2D eigenvalue weighted by Gasteiger charge is -2.07. The smallest absolute Gasteiger partial charge is 0.123 e. The monoisotopic (exact) mass is 196 g/mol. The van der Waals surface area contributed by atoms with Crippen LogP contribution in [-0.4, -0.2) is 12.9 Å². The lowest BCUT2D eigenvalue weighted by atomic mass is 10.0. The summed E-state index contributed by atoms with van der Waals surface area (Å²) in [6.07, 6.45) is 0.260. The molecular formula is C10H13FN2O. The topological polar surface area (TPSA) is 59.1 Å². The Kier molecular flexibility index (Phi) is 3.59. The van der Waals surface area contributed by atoms with Crippen molar-refractivity contribution in [3.63, 3.8) is 0 Å². The first-order valence-corrected chi connectivity index (χ1v) is 4.22. The van der Waals surface area contributed by atoms with Crippen molar-refractivity contribution in [2.75, 3.05) is 7.11 Å². The van der Waals surface area contributed by atoms with Gasteiger partial charge in [0.25, 0.3) is 0 Å². The van der Waals surface area contributed by atoms with Crippen LogP contribution >= 0.6 is 0 Å². The Hall–Kier alpha value is -1.42. The van der Waals surface area contributed by atoms with E-state index in [2.05, 4.69) is 0 Å². The molecule has 0 radical (unpaired) electrons. The van der Waals surface area contributed by atoms with Crippen molar-refractivity contribution >= 4 is 5.84 Å². The molecule has 0 bridgehead atoms. The number of halogens is 1. The normalized spacial score (nSPS) is 10.1. The van der Waals surface area contributed by atoms with Crippen LogP contribution in [0.2, 0.25) is 0 Å². The molecule has 14 heavy (non-hydrogen) atoms. The fraction of sp³-hybridized carbons (Fsp3) is 0.300. The zero-order valence-electron chi connectivity index (χ0n) is 8.01. The molecule has 0 aliphatic rings. The first kappa shape index (κ1) is 10.7. The molecule has 0 heterocycles. The number of nitrogens with one attached hydrogen (secondary N) is 1. The molecule has 0 saturated heterocycles. The predicted octanol–water partition coefficient (Wildman–Crippen LogP) is 1.45. The zero-order valence-corrected chi connectivity index (χ0v) is 8.01. The summed E-state index contributed by atoms with van der Waals surface area (Å²) in [4.78, 5) is 0. The minimum atomic E-state index is -0.318. The summed E-state index contributed by atoms with van der Waals surface area (Å²) in [6.45, 7) is 0.406. The summed E-state index contributed by atoms with van der Waals surface area (Å²) < 4.78 is 17.8. The van der Waals surface area contributed by atoms with E-state index in [1.165, 1.54) is 12.1 Å². The molecule has 3 nitrogen and oxygen atoms in total. The molecular weight excluding hydrogens is 183 g/mol. The predicted molar refractivity (Wildman–Crippen MR) is 52.7 cm³/mol. The SMILES string of the molecule is COCc1ccc(F)cc1CC(=N)N. The van der Waals surface area contributed by atoms with E-state index in [-0.39, 0.29) is 18.1 Å². The standard InChI is InChI=1S/C10H13FN2O/c1-14-6-7-2-3-9(11)4-8(7)5-10(12)13/h2-4H,5-6H2,1H3,(H3,12,13). The lowest BCUT2D eigenvalue weighted by molar-refractivity contribution is 0.184. The van der Waals surface area contributed by atoms with Gasteiger partial charge in [0.1, 0.15) is 5.82 Å². The summed E-state index contributed by atoms with van der Waals surface area (Å²) in [7, 11) is 1.57. The summed E-state index contributed by atoms with van der Waals surface area (Å²) in [5.41, 5.74) is 6.83. The van der Waals surface area contributed by atoms with Gasteiger partial charge in [-0.1, -0.05) is 6.07 Å². The molecule has 0 saturated carbocycles. The van der Waals surface area contributed by atoms with E-state index in [4.69, 9.17) is 15.9 Å². The summed E-state index contributed by atoms with van der Waals surface area (Å²) in [5, 5.41) is 7.15. The molecule has 76 valence electrons. The number of rotatable bonds is 4. The van der Waals surface area contributed by atoms with Gasteiger partial charge in [0.05, 0.1) is 12.4 Å². The van der Waals surface area contributed by atoms with Crippen LogP contribution in [0.3, 0.4) is 0 Å². The van der Waals surface area contributed by atoms with Crippen molar-refractivity contribution in [2.45, 2.75) is 13.0 Å². The molecule has 1 aromatic carbocycles. The van der Waals surface area contributed by atoms with Crippen molar-refractivity contribution in [3.05, 3.63) is 35.1 Å². The maximum atomic E-state index is 12.9. The van der Waals surface area contributed by atoms with Gasteiger partial charge >= 0.3 is 0 Å². The van der Waals surface area contributed by atoms with E-state index in [0.29, 0.717) is 12.2 Å². The second-order valence-corrected chi connectivity index (χ2v) is 3.05. The third kappa shape index (κ3) is 2.81. The maximum Gasteiger partial charge on any atom is 0.123 e. The molecule has 3 N–H and O–H groups in total. The molecule has 0 aliphatic carbocycles. The van der Waals surface area contributed by atoms with Crippen LogP contribution < -0.4 is 5.73 Å². The molecule has 1 aromatic rings. The van der Waals surface area contributed by atoms with E-state index < -0.39 is 0 Å². The molecule has 0 aromatic heterocycles. The number of methoxy groups -OCH3 is 1. The van der Waals surface area contributed by atoms with Gasteiger partial charge in [0, 0.05) is 13.5 Å². The highest BCUT2D eigenvalue weighted by atomic mass is 19.1. The molecule has 0 unspecified atom stereocenters. The van der Waals surface area contributed by atoms with Crippen LogP contribution in [0, 0.1) is 11.2 Å². The number of hydrogen-bond acceptors (Lipinski definition) is 2. The first-order valence-electron chi connectivity index (χ1n) is 4.22. The van der Waals surface area contributed by atoms with Crippen molar-refractivity contribution in [3.8, 4) is 0 Å². The molecule has 4 heteroatoms. The van der Waals surface area contributed by atoms with E-state index in [9.17, 15) is 4.39 Å². The minimum Gasteiger partial charge on any atom is -0.387 e. The fourth-order valence-corrected chi connectivity index (χ4v) is 1.26. The van der Waals surface area contributed by atoms with E-state index >= 15 is 0 Å². The zero-order chi connectivity index (χ0) is 10.6. The number of benzene rings is 1. The van der Waals surface area contributed by atoms with Crippen LogP contribution in [0.4, 0.5) is 4.39 Å². The third-order valence-corrected chi connectivity index (χ3v) is 1.85. The second kappa shape index (κ2) is 4.72. The van der Waals surface area contributed by atoms with Gasteiger partial charge < -0.3 is 10.5 Å². The van der Waals surface area contributed by atoms with Gasteiger partial charge in [-0.05, 0) is 23.3 Å². The van der Waals surface area contributed by atoms with Crippen molar-refractivity contribution in [1.82, 2.24) is 0 Å². The number of ether oxygens (including phenoxy) is 1. The highest BCUT2D eigenvalue weighted by Gasteiger charge is 2.05. The summed E-state index contributed by atoms with van der Waals surface area (Å²) >= 11 is 0. The summed E-state index contributed by atoms with van der Waals surface area (Å²) in [6, 6.07) is 4.41. The minimum absolute atomic E-state index is 0.0213. The van der Waals surface area contributed by atoms with Gasteiger partial charge in [-0.15, -0.1) is 0 Å². The lowest BCUT2D eigenvalue weighted by Crippen LogP contribution is -2.14. The first-order chi connectivity index (χ1) is 6.63. The second-order valence-electron chi connectivity index (χ2n) is 3.05. The Bertz CT molecular complexity index is 339. The average Bonchev–Trinajstić information content (AvgIpc) is 2.09. The van der Waals surface area contributed by atoms with Gasteiger partial charge in [0.2, 0.25) is 0 Å². The van der Waals surface area contributed by atoms with Crippen LogP contribution in [0.5, 0.6) is 0 Å². The molecule has 0 aliphatic heterocycles. The maximum absolute atomic E-state index is 12.9. The summed E-state index contributed by atoms with van der Waals surface area (Å²) in [5.74, 6) is -0.297. The van der Waals surface area contributed by atoms with Crippen molar-refractivity contribution in [1.29, 1.82) is 5.41 Å². The van der Waals surface area contributed by atoms with Crippen LogP contribution in [0.15, 0.2) is 18.2 Å². The van der Waals surface area contributed by atoms with E-state index in [1.54, 1.807) is 13.2 Å². The average molecular weight is 196 g/mol. The van der Waals surface area contributed by atoms with Crippen molar-refractivity contribution < 1.29 is 9.13 Å². The van der Waals surface area contributed by atoms with Crippen molar-refractivity contribution in [2.24, 2.45) is 5.73 Å². The Morgan fingerprint density at radius 2 is 2.21 bits per heavy atom. The Balaban J connectivity index is 2.96. The molecule has 0 spiro atoms. The molecule has 0 amide bonds. The van der Waals surface area contributed by atoms with Gasteiger partial charge in [-0.2, -0.15) is 0 Å². The number of hydrogen-bond donors (Lipinski definition) is 2. The number of amidine groups is 1. The fourth-order valence-electron chi connectivity index (χ4n) is 1.26. The highest BCUT2D eigenvalue weighted by Crippen LogP contribution is 2.13. The third-order valence-electron chi connectivity index (χ3n) is 1.85. The molecule has 0 fully saturated rings. The van der Waals surface area contributed by atoms with Crippen LogP contribution in [-0.2, 0) is 17.8 Å². The quantitative estimate of drug-likeness (QED) is 0.565. The van der Waals surface area contributed by atoms with Gasteiger partial charge in [-0.25, -0.2) is 4.39 Å². The largest absolute Gasteiger partial charge is 0.387 e. The number of nitrogens with two attached hydrogens (primary N) is 1. The highest BCUT2D eigenvalue weighted by molar-refractivity contribution is 5.79. The van der Waals surface area contributed by atoms with E-state index in [0.717, 1.165) is 5.56 Å². The van der Waals surface area contributed by atoms with Gasteiger partial charge in [-0.3, -0.25) is 5.41 Å². The molecule has 0 atom stereocenters. The Morgan fingerprint density at radius 3 is 2.79 bits per heavy atom. The van der Waals surface area contributed by atoms with Gasteiger partial charge in [0.15, 0.2) is 0 Å². The van der Waals surface area contributed by atoms with E-state index in [1.807, 2.05) is 0 Å². The molecule has 1 rings (SSSR count). The van der Waals surface area contributed by atoms with Crippen LogP contribution in [0.25, 0.3) is 0 Å². The van der Waals surface area contributed by atoms with Crippen LogP contribution in [0.1, 0.15) is 11.1 Å². The Morgan fingerprint density at radius 1 is 1.50 bits per heavy atom. The Labute approximate surface area is 82.2 Å².